The maximum Gasteiger partial charge on any atom is 0.0641 e. The Balaban J connectivity index is 2.35. The molecule has 55 valence electrons. The van der Waals surface area contributed by atoms with Crippen LogP contribution in [0.1, 0.15) is 6.42 Å². The fourth-order valence-electron chi connectivity index (χ4n) is 0.768. The Morgan fingerprint density at radius 1 is 1.27 bits per heavy atom. The van der Waals surface area contributed by atoms with E-state index in [1.165, 1.54) is 0 Å². The van der Waals surface area contributed by atoms with E-state index in [-0.39, 0.29) is 0 Å². The third-order valence-corrected chi connectivity index (χ3v) is 1.27. The van der Waals surface area contributed by atoms with Crippen LogP contribution in [0.5, 0.6) is 0 Å². The van der Waals surface area contributed by atoms with Crippen molar-refractivity contribution in [2.24, 2.45) is 0 Å². The van der Waals surface area contributed by atoms with E-state index in [0.29, 0.717) is 13.0 Å². The van der Waals surface area contributed by atoms with Crippen LogP contribution in [0.4, 0.5) is 5.69 Å². The van der Waals surface area contributed by atoms with Crippen molar-refractivity contribution in [3.63, 3.8) is 0 Å². The molecule has 0 fully saturated rings. The minimum atomic E-state index is 0.495. The van der Waals surface area contributed by atoms with Gasteiger partial charge in [-0.05, 0) is 12.1 Å². The average Bonchev–Trinajstić information content (AvgIpc) is 2.07. The van der Waals surface area contributed by atoms with Gasteiger partial charge in [-0.1, -0.05) is 18.2 Å². The normalized spacial score (nSPS) is 8.64. The lowest BCUT2D eigenvalue weighted by Gasteiger charge is -1.97. The fraction of sp³-hybridized carbons (Fsp3) is 0.222. The molecule has 0 aliphatic rings. The first-order chi connectivity index (χ1) is 5.43. The standard InChI is InChI=1S/C9H9N2/c10-7-4-8-11-9-5-2-1-3-6-9/h1-3,5-6H,4,8H2. The molecule has 0 unspecified atom stereocenters. The summed E-state index contributed by atoms with van der Waals surface area (Å²) in [5, 5.41) is 12.4. The van der Waals surface area contributed by atoms with Gasteiger partial charge in [-0.3, -0.25) is 5.32 Å². The molecule has 2 nitrogen and oxygen atoms in total. The first kappa shape index (κ1) is 7.62. The van der Waals surface area contributed by atoms with E-state index in [1.54, 1.807) is 0 Å². The van der Waals surface area contributed by atoms with E-state index in [2.05, 4.69) is 5.32 Å². The highest BCUT2D eigenvalue weighted by molar-refractivity contribution is 5.34. The van der Waals surface area contributed by atoms with Crippen LogP contribution < -0.4 is 5.32 Å². The van der Waals surface area contributed by atoms with E-state index in [0.717, 1.165) is 5.69 Å². The predicted octanol–water partition coefficient (Wildman–Crippen LogP) is 1.84. The summed E-state index contributed by atoms with van der Waals surface area (Å²) in [6, 6.07) is 11.7. The van der Waals surface area contributed by atoms with Crippen molar-refractivity contribution in [1.29, 1.82) is 5.26 Å². The second-order valence-electron chi connectivity index (χ2n) is 2.13. The molecule has 0 heterocycles. The molecule has 1 radical (unpaired) electrons. The van der Waals surface area contributed by atoms with Crippen LogP contribution >= 0.6 is 0 Å². The van der Waals surface area contributed by atoms with Crippen LogP contribution in [0.2, 0.25) is 0 Å². The molecule has 0 saturated carbocycles. The van der Waals surface area contributed by atoms with Crippen molar-refractivity contribution in [3.05, 3.63) is 30.3 Å². The van der Waals surface area contributed by atoms with Gasteiger partial charge in [0, 0.05) is 0 Å². The van der Waals surface area contributed by atoms with E-state index in [9.17, 15) is 0 Å². The van der Waals surface area contributed by atoms with Crippen LogP contribution in [0.15, 0.2) is 30.3 Å². The average molecular weight is 145 g/mol. The maximum absolute atomic E-state index is 8.23. The van der Waals surface area contributed by atoms with E-state index in [4.69, 9.17) is 5.26 Å². The van der Waals surface area contributed by atoms with Crippen molar-refractivity contribution >= 4 is 5.69 Å². The Bertz CT molecular complexity index is 235. The van der Waals surface area contributed by atoms with Crippen LogP contribution in [0.3, 0.4) is 0 Å². The number of rotatable bonds is 3. The van der Waals surface area contributed by atoms with Gasteiger partial charge in [-0.15, -0.1) is 0 Å². The summed E-state index contributed by atoms with van der Waals surface area (Å²) < 4.78 is 0. The Kier molecular flexibility index (Phi) is 3.01. The molecule has 1 aromatic rings. The van der Waals surface area contributed by atoms with E-state index in [1.807, 2.05) is 36.4 Å². The van der Waals surface area contributed by atoms with Gasteiger partial charge in [-0.25, -0.2) is 0 Å². The second kappa shape index (κ2) is 4.35. The quantitative estimate of drug-likeness (QED) is 0.598. The molecule has 0 amide bonds. The lowest BCUT2D eigenvalue weighted by atomic mass is 10.3. The molecule has 0 aromatic heterocycles. The number of hydrogen-bond acceptors (Lipinski definition) is 1. The number of nitriles is 1. The Hall–Kier alpha value is -1.49. The zero-order chi connectivity index (χ0) is 7.94. The Morgan fingerprint density at radius 3 is 2.64 bits per heavy atom. The topological polar surface area (TPSA) is 37.9 Å². The minimum Gasteiger partial charge on any atom is -0.284 e. The summed E-state index contributed by atoms with van der Waals surface area (Å²) in [6.45, 7) is 0.598. The summed E-state index contributed by atoms with van der Waals surface area (Å²) in [5.74, 6) is 0. The van der Waals surface area contributed by atoms with Gasteiger partial charge >= 0.3 is 0 Å². The van der Waals surface area contributed by atoms with Gasteiger partial charge in [0.05, 0.1) is 24.7 Å². The van der Waals surface area contributed by atoms with Gasteiger partial charge in [0.2, 0.25) is 0 Å². The predicted molar refractivity (Wildman–Crippen MR) is 43.3 cm³/mol. The van der Waals surface area contributed by atoms with Gasteiger partial charge < -0.3 is 0 Å². The SMILES string of the molecule is N#CCC[N]c1ccccc1. The molecule has 0 spiro atoms. The summed E-state index contributed by atoms with van der Waals surface area (Å²) in [4.78, 5) is 0. The summed E-state index contributed by atoms with van der Waals surface area (Å²) in [7, 11) is 0. The van der Waals surface area contributed by atoms with Crippen molar-refractivity contribution in [2.75, 3.05) is 6.54 Å². The third kappa shape index (κ3) is 2.72. The maximum atomic E-state index is 8.23. The summed E-state index contributed by atoms with van der Waals surface area (Å²) in [6.07, 6.45) is 0.495. The van der Waals surface area contributed by atoms with E-state index < -0.39 is 0 Å². The molecule has 1 rings (SSSR count). The smallest absolute Gasteiger partial charge is 0.0641 e. The van der Waals surface area contributed by atoms with Crippen molar-refractivity contribution in [2.45, 2.75) is 6.42 Å². The lowest BCUT2D eigenvalue weighted by Crippen LogP contribution is -1.97. The Morgan fingerprint density at radius 2 is 2.00 bits per heavy atom. The van der Waals surface area contributed by atoms with Crippen molar-refractivity contribution in [3.8, 4) is 6.07 Å². The van der Waals surface area contributed by atoms with Crippen LogP contribution in [-0.4, -0.2) is 6.54 Å². The highest BCUT2D eigenvalue weighted by atomic mass is 14.9. The molecule has 2 heteroatoms. The molecule has 0 saturated heterocycles. The highest BCUT2D eigenvalue weighted by Gasteiger charge is 1.88. The molecule has 0 N–H and O–H groups in total. The Labute approximate surface area is 66.5 Å². The fourth-order valence-corrected chi connectivity index (χ4v) is 0.768. The summed E-state index contributed by atoms with van der Waals surface area (Å²) in [5.41, 5.74) is 0.947. The first-order valence-corrected chi connectivity index (χ1v) is 3.53. The third-order valence-electron chi connectivity index (χ3n) is 1.27. The first-order valence-electron chi connectivity index (χ1n) is 3.53. The molecular formula is C9H9N2. The highest BCUT2D eigenvalue weighted by Crippen LogP contribution is 2.04. The molecule has 0 bridgehead atoms. The minimum absolute atomic E-state index is 0.495. The number of hydrogen-bond donors (Lipinski definition) is 0. The van der Waals surface area contributed by atoms with Gasteiger partial charge in [0.15, 0.2) is 0 Å². The second-order valence-corrected chi connectivity index (χ2v) is 2.13. The van der Waals surface area contributed by atoms with Gasteiger partial charge in [0.25, 0.3) is 0 Å². The lowest BCUT2D eigenvalue weighted by molar-refractivity contribution is 0.853. The number of benzene rings is 1. The molecular weight excluding hydrogens is 136 g/mol. The molecule has 0 atom stereocenters. The van der Waals surface area contributed by atoms with Crippen molar-refractivity contribution in [1.82, 2.24) is 5.32 Å². The largest absolute Gasteiger partial charge is 0.284 e. The van der Waals surface area contributed by atoms with Crippen molar-refractivity contribution < 1.29 is 0 Å². The van der Waals surface area contributed by atoms with Crippen LogP contribution in [-0.2, 0) is 0 Å². The number of nitrogens with zero attached hydrogens (tertiary/aromatic N) is 2. The van der Waals surface area contributed by atoms with Crippen LogP contribution in [0.25, 0.3) is 0 Å². The molecule has 11 heavy (non-hydrogen) atoms. The monoisotopic (exact) mass is 145 g/mol. The zero-order valence-corrected chi connectivity index (χ0v) is 6.20. The van der Waals surface area contributed by atoms with Gasteiger partial charge in [0.1, 0.15) is 0 Å². The van der Waals surface area contributed by atoms with Crippen LogP contribution in [0, 0.1) is 11.3 Å². The van der Waals surface area contributed by atoms with E-state index >= 15 is 0 Å². The summed E-state index contributed by atoms with van der Waals surface area (Å²) >= 11 is 0. The molecule has 0 aliphatic heterocycles. The molecule has 0 aliphatic carbocycles. The molecule has 1 aromatic carbocycles. The zero-order valence-electron chi connectivity index (χ0n) is 6.20. The van der Waals surface area contributed by atoms with Gasteiger partial charge in [-0.2, -0.15) is 5.26 Å². The number of para-hydroxylation sites is 1.